The van der Waals surface area contributed by atoms with Crippen LogP contribution in [-0.2, 0) is 13.0 Å². The summed E-state index contributed by atoms with van der Waals surface area (Å²) in [5, 5.41) is 5.26. The van der Waals surface area contributed by atoms with Crippen LogP contribution in [0.15, 0.2) is 23.7 Å². The maximum absolute atomic E-state index is 12.1. The summed E-state index contributed by atoms with van der Waals surface area (Å²) < 4.78 is 0. The van der Waals surface area contributed by atoms with Crippen LogP contribution in [-0.4, -0.2) is 15.8 Å². The van der Waals surface area contributed by atoms with Crippen LogP contribution in [0.1, 0.15) is 41.2 Å². The Morgan fingerprint density at radius 1 is 1.40 bits per heavy atom. The molecule has 2 heterocycles. The van der Waals surface area contributed by atoms with Gasteiger partial charge in [-0.25, -0.2) is 9.97 Å². The molecule has 0 spiro atoms. The van der Waals surface area contributed by atoms with Crippen molar-refractivity contribution in [2.45, 2.75) is 33.2 Å². The summed E-state index contributed by atoms with van der Waals surface area (Å²) in [6.45, 7) is 4.93. The zero-order chi connectivity index (χ0) is 14.2. The van der Waals surface area contributed by atoms with Crippen LogP contribution in [0.3, 0.4) is 0 Å². The molecule has 2 aromatic rings. The number of carbonyl (C=O) groups is 1. The van der Waals surface area contributed by atoms with Crippen LogP contribution in [0.5, 0.6) is 0 Å². The number of Topliss-reactive ketones (excluding diaryl/α,β-unsaturated/α-hetero) is 1. The molecule has 104 valence electrons. The summed E-state index contributed by atoms with van der Waals surface area (Å²) in [7, 11) is 0. The van der Waals surface area contributed by atoms with Gasteiger partial charge in [-0.15, -0.1) is 11.3 Å². The van der Waals surface area contributed by atoms with Crippen LogP contribution in [0, 0.1) is 5.41 Å². The van der Waals surface area contributed by atoms with Crippen LogP contribution < -0.4 is 5.32 Å². The van der Waals surface area contributed by atoms with Crippen LogP contribution in [0.4, 0.5) is 5.95 Å². The van der Waals surface area contributed by atoms with E-state index in [1.165, 1.54) is 4.88 Å². The summed E-state index contributed by atoms with van der Waals surface area (Å²) >= 11 is 1.70. The van der Waals surface area contributed by atoms with Crippen molar-refractivity contribution in [3.05, 3.63) is 39.8 Å². The van der Waals surface area contributed by atoms with E-state index in [4.69, 9.17) is 0 Å². The van der Waals surface area contributed by atoms with Gasteiger partial charge in [0, 0.05) is 17.5 Å². The lowest BCUT2D eigenvalue weighted by atomic mass is 9.76. The summed E-state index contributed by atoms with van der Waals surface area (Å²) in [6.07, 6.45) is 3.06. The van der Waals surface area contributed by atoms with Gasteiger partial charge in [-0.05, 0) is 23.3 Å². The highest BCUT2D eigenvalue weighted by atomic mass is 32.1. The second kappa shape index (κ2) is 4.98. The fourth-order valence-corrected chi connectivity index (χ4v) is 3.14. The maximum atomic E-state index is 12.1. The average Bonchev–Trinajstić information content (AvgIpc) is 2.87. The number of carbonyl (C=O) groups excluding carboxylic acids is 1. The molecule has 0 aliphatic heterocycles. The van der Waals surface area contributed by atoms with Crippen LogP contribution in [0.2, 0.25) is 0 Å². The van der Waals surface area contributed by atoms with Crippen molar-refractivity contribution >= 4 is 23.1 Å². The maximum Gasteiger partial charge on any atom is 0.223 e. The number of anilines is 1. The zero-order valence-electron chi connectivity index (χ0n) is 11.6. The van der Waals surface area contributed by atoms with Gasteiger partial charge < -0.3 is 5.32 Å². The van der Waals surface area contributed by atoms with Gasteiger partial charge in [0.05, 0.1) is 17.8 Å². The normalized spacial score (nSPS) is 16.8. The van der Waals surface area contributed by atoms with E-state index in [-0.39, 0.29) is 11.2 Å². The first-order chi connectivity index (χ1) is 9.53. The van der Waals surface area contributed by atoms with E-state index in [9.17, 15) is 4.79 Å². The van der Waals surface area contributed by atoms with Gasteiger partial charge in [0.2, 0.25) is 5.95 Å². The molecular formula is C15H17N3OS. The third-order valence-electron chi connectivity index (χ3n) is 3.45. The van der Waals surface area contributed by atoms with Crippen molar-refractivity contribution in [3.8, 4) is 0 Å². The third-order valence-corrected chi connectivity index (χ3v) is 4.33. The van der Waals surface area contributed by atoms with Crippen molar-refractivity contribution in [2.75, 3.05) is 5.32 Å². The second-order valence-corrected chi connectivity index (χ2v) is 6.96. The van der Waals surface area contributed by atoms with Gasteiger partial charge in [0.25, 0.3) is 0 Å². The van der Waals surface area contributed by atoms with Gasteiger partial charge >= 0.3 is 0 Å². The molecule has 5 heteroatoms. The highest BCUT2D eigenvalue weighted by molar-refractivity contribution is 7.09. The lowest BCUT2D eigenvalue weighted by Crippen LogP contribution is -2.28. The minimum absolute atomic E-state index is 0.0105. The highest BCUT2D eigenvalue weighted by Crippen LogP contribution is 2.33. The van der Waals surface area contributed by atoms with Gasteiger partial charge in [-0.1, -0.05) is 19.9 Å². The Hall–Kier alpha value is -1.75. The Morgan fingerprint density at radius 2 is 2.25 bits per heavy atom. The molecule has 0 bridgehead atoms. The molecule has 1 aliphatic carbocycles. The molecule has 0 radical (unpaired) electrons. The molecule has 1 N–H and O–H groups in total. The highest BCUT2D eigenvalue weighted by Gasteiger charge is 2.32. The van der Waals surface area contributed by atoms with Gasteiger partial charge in [-0.3, -0.25) is 4.79 Å². The Morgan fingerprint density at radius 3 is 3.00 bits per heavy atom. The van der Waals surface area contributed by atoms with E-state index in [0.29, 0.717) is 24.5 Å². The molecule has 0 atom stereocenters. The van der Waals surface area contributed by atoms with E-state index in [1.807, 2.05) is 11.4 Å². The Labute approximate surface area is 122 Å². The topological polar surface area (TPSA) is 54.9 Å². The molecule has 0 saturated heterocycles. The van der Waals surface area contributed by atoms with Crippen molar-refractivity contribution in [1.29, 1.82) is 0 Å². The van der Waals surface area contributed by atoms with Crippen molar-refractivity contribution < 1.29 is 4.79 Å². The Bertz CT molecular complexity index is 635. The predicted molar refractivity (Wildman–Crippen MR) is 80.1 cm³/mol. The van der Waals surface area contributed by atoms with E-state index in [0.717, 1.165) is 12.1 Å². The van der Waals surface area contributed by atoms with Crippen LogP contribution >= 0.6 is 11.3 Å². The average molecular weight is 287 g/mol. The number of hydrogen-bond acceptors (Lipinski definition) is 5. The lowest BCUT2D eigenvalue weighted by Gasteiger charge is -2.29. The smallest absolute Gasteiger partial charge is 0.223 e. The van der Waals surface area contributed by atoms with E-state index in [1.54, 1.807) is 17.5 Å². The summed E-state index contributed by atoms with van der Waals surface area (Å²) in [5.74, 6) is 0.753. The van der Waals surface area contributed by atoms with Crippen LogP contribution in [0.25, 0.3) is 0 Å². The first-order valence-electron chi connectivity index (χ1n) is 6.69. The summed E-state index contributed by atoms with van der Waals surface area (Å²) in [4.78, 5) is 22.1. The van der Waals surface area contributed by atoms with E-state index >= 15 is 0 Å². The molecule has 0 unspecified atom stereocenters. The number of rotatable bonds is 3. The first kappa shape index (κ1) is 13.2. The largest absolute Gasteiger partial charge is 0.349 e. The van der Waals surface area contributed by atoms with E-state index < -0.39 is 0 Å². The number of ketones is 1. The zero-order valence-corrected chi connectivity index (χ0v) is 12.5. The predicted octanol–water partition coefficient (Wildman–Crippen LogP) is 3.31. The minimum atomic E-state index is -0.0105. The Balaban J connectivity index is 1.80. The van der Waals surface area contributed by atoms with Gasteiger partial charge in [-0.2, -0.15) is 0 Å². The molecule has 4 nitrogen and oxygen atoms in total. The Kier molecular flexibility index (Phi) is 3.30. The SMILES string of the molecule is CC1(C)CC(=O)c2cnc(NCc3cccs3)nc2C1. The van der Waals surface area contributed by atoms with Crippen molar-refractivity contribution in [1.82, 2.24) is 9.97 Å². The molecular weight excluding hydrogens is 270 g/mol. The molecule has 0 saturated carbocycles. The fourth-order valence-electron chi connectivity index (χ4n) is 2.49. The molecule has 20 heavy (non-hydrogen) atoms. The number of nitrogens with zero attached hydrogens (tertiary/aromatic N) is 2. The summed E-state index contributed by atoms with van der Waals surface area (Å²) in [5.41, 5.74) is 1.55. The first-order valence-corrected chi connectivity index (χ1v) is 7.57. The monoisotopic (exact) mass is 287 g/mol. The molecule has 0 fully saturated rings. The van der Waals surface area contributed by atoms with E-state index in [2.05, 4.69) is 35.2 Å². The number of fused-ring (bicyclic) bond motifs is 1. The number of hydrogen-bond donors (Lipinski definition) is 1. The molecule has 0 amide bonds. The third kappa shape index (κ3) is 2.72. The standard InChI is InChI=1S/C15H17N3OS/c1-15(2)6-12-11(13(19)7-15)9-17-14(18-12)16-8-10-4-3-5-20-10/h3-5,9H,6-8H2,1-2H3,(H,16,17,18). The summed E-state index contributed by atoms with van der Waals surface area (Å²) in [6, 6.07) is 4.10. The fraction of sp³-hybridized carbons (Fsp3) is 0.400. The lowest BCUT2D eigenvalue weighted by molar-refractivity contribution is 0.0910. The molecule has 2 aromatic heterocycles. The second-order valence-electron chi connectivity index (χ2n) is 5.93. The molecule has 1 aliphatic rings. The number of nitrogens with one attached hydrogen (secondary N) is 1. The van der Waals surface area contributed by atoms with Crippen molar-refractivity contribution in [3.63, 3.8) is 0 Å². The van der Waals surface area contributed by atoms with Crippen molar-refractivity contribution in [2.24, 2.45) is 5.41 Å². The quantitative estimate of drug-likeness (QED) is 0.941. The molecule has 0 aromatic carbocycles. The number of aromatic nitrogens is 2. The van der Waals surface area contributed by atoms with Gasteiger partial charge in [0.15, 0.2) is 5.78 Å². The number of thiophene rings is 1. The minimum Gasteiger partial charge on any atom is -0.349 e. The van der Waals surface area contributed by atoms with Gasteiger partial charge in [0.1, 0.15) is 0 Å². The molecule has 3 rings (SSSR count).